The minimum Gasteiger partial charge on any atom is -0.489 e. The highest BCUT2D eigenvalue weighted by molar-refractivity contribution is 6.09. The fourth-order valence-electron chi connectivity index (χ4n) is 3.22. The molecule has 7 heteroatoms. The molecule has 0 amide bonds. The number of halogens is 2. The third-order valence-electron chi connectivity index (χ3n) is 4.65. The van der Waals surface area contributed by atoms with Gasteiger partial charge >= 0.3 is 0 Å². The average molecular weight is 436 g/mol. The van der Waals surface area contributed by atoms with Crippen LogP contribution in [0.4, 0.5) is 5.69 Å². The molecular weight excluding hydrogens is 409 g/mol. The molecule has 29 heavy (non-hydrogen) atoms. The molecule has 0 spiro atoms. The van der Waals surface area contributed by atoms with Crippen molar-refractivity contribution in [1.29, 1.82) is 0 Å². The number of hydrogen-bond donors (Lipinski definition) is 2. The molecule has 1 fully saturated rings. The van der Waals surface area contributed by atoms with Crippen molar-refractivity contribution in [2.24, 2.45) is 4.99 Å². The molecule has 2 heterocycles. The zero-order valence-corrected chi connectivity index (χ0v) is 18.0. The van der Waals surface area contributed by atoms with Gasteiger partial charge in [0.1, 0.15) is 23.3 Å². The summed E-state index contributed by atoms with van der Waals surface area (Å²) in [6.45, 7) is 4.86. The lowest BCUT2D eigenvalue weighted by atomic mass is 10.1. The molecule has 2 N–H and O–H groups in total. The second-order valence-electron chi connectivity index (χ2n) is 6.79. The number of ether oxygens (including phenoxy) is 1. The Bertz CT molecular complexity index is 919. The molecule has 5 nitrogen and oxygen atoms in total. The number of benzene rings is 2. The average Bonchev–Trinajstić information content (AvgIpc) is 3.37. The fourth-order valence-corrected chi connectivity index (χ4v) is 3.22. The molecule has 1 aromatic heterocycles. The van der Waals surface area contributed by atoms with E-state index in [0.29, 0.717) is 0 Å². The van der Waals surface area contributed by atoms with Gasteiger partial charge in [0.2, 0.25) is 0 Å². The summed E-state index contributed by atoms with van der Waals surface area (Å²) in [6.07, 6.45) is 4.04. The van der Waals surface area contributed by atoms with Crippen LogP contribution in [0.3, 0.4) is 0 Å². The molecule has 3 aromatic rings. The Morgan fingerprint density at radius 1 is 1.17 bits per heavy atom. The number of nitrogens with zero attached hydrogens (tertiary/aromatic N) is 1. The Labute approximate surface area is 183 Å². The number of nitrogens with one attached hydrogen (secondary N) is 2. The van der Waals surface area contributed by atoms with Crippen LogP contribution >= 0.6 is 24.8 Å². The van der Waals surface area contributed by atoms with Crippen molar-refractivity contribution in [2.75, 3.05) is 25.0 Å². The molecular formula is C22H27Cl2N3O2. The number of hydrogen-bond acceptors (Lipinski definition) is 4. The van der Waals surface area contributed by atoms with E-state index in [4.69, 9.17) is 14.1 Å². The lowest BCUT2D eigenvalue weighted by Gasteiger charge is -2.14. The number of aliphatic imine (C=N–C) groups is 1. The predicted molar refractivity (Wildman–Crippen MR) is 124 cm³/mol. The highest BCUT2D eigenvalue weighted by Gasteiger charge is 2.15. The van der Waals surface area contributed by atoms with Crippen LogP contribution in [0, 0.1) is 0 Å². The Kier molecular flexibility index (Phi) is 8.83. The van der Waals surface area contributed by atoms with Gasteiger partial charge in [-0.2, -0.15) is 0 Å². The maximum absolute atomic E-state index is 5.99. The zero-order valence-electron chi connectivity index (χ0n) is 16.4. The normalized spacial score (nSPS) is 16.2. The van der Waals surface area contributed by atoms with Crippen molar-refractivity contribution in [1.82, 2.24) is 5.32 Å². The summed E-state index contributed by atoms with van der Waals surface area (Å²) >= 11 is 0. The summed E-state index contributed by atoms with van der Waals surface area (Å²) in [7, 11) is 0. The van der Waals surface area contributed by atoms with E-state index in [9.17, 15) is 0 Å². The summed E-state index contributed by atoms with van der Waals surface area (Å²) in [4.78, 5) is 4.74. The lowest BCUT2D eigenvalue weighted by Crippen LogP contribution is -2.19. The molecule has 1 atom stereocenters. The van der Waals surface area contributed by atoms with Gasteiger partial charge in [-0.05, 0) is 67.9 Å². The van der Waals surface area contributed by atoms with Crippen LogP contribution < -0.4 is 15.4 Å². The van der Waals surface area contributed by atoms with Gasteiger partial charge in [0.25, 0.3) is 0 Å². The first kappa shape index (κ1) is 23.1. The molecule has 0 unspecified atom stereocenters. The molecule has 4 rings (SSSR count). The summed E-state index contributed by atoms with van der Waals surface area (Å²) in [5.41, 5.74) is 2.93. The van der Waals surface area contributed by atoms with E-state index in [1.807, 2.05) is 42.5 Å². The van der Waals surface area contributed by atoms with Crippen molar-refractivity contribution < 1.29 is 9.15 Å². The van der Waals surface area contributed by atoms with Crippen LogP contribution in [0.5, 0.6) is 5.75 Å². The first-order valence-corrected chi connectivity index (χ1v) is 9.58. The second kappa shape index (κ2) is 11.1. The van der Waals surface area contributed by atoms with Crippen LogP contribution in [0.2, 0.25) is 0 Å². The highest BCUT2D eigenvalue weighted by atomic mass is 35.5. The molecule has 1 saturated heterocycles. The minimum absolute atomic E-state index is 0. The van der Waals surface area contributed by atoms with E-state index in [1.165, 1.54) is 0 Å². The molecule has 1 aliphatic heterocycles. The smallest absolute Gasteiger partial charge is 0.133 e. The van der Waals surface area contributed by atoms with Crippen molar-refractivity contribution >= 4 is 47.3 Å². The molecule has 0 bridgehead atoms. The van der Waals surface area contributed by atoms with E-state index >= 15 is 0 Å². The standard InChI is InChI=1S/C22H25N3O2.2ClH/c1-2-11-24-22(17-3-8-21-16(14-17)10-13-26-21)25-18-4-6-19(7-5-18)27-20-9-12-23-15-20;;/h3-8,10,13-14,20,23H,2,9,11-12,15H2,1H3,(H,24,25);2*1H/t20-;;/m0../s1. The third-order valence-corrected chi connectivity index (χ3v) is 4.65. The molecule has 0 aliphatic carbocycles. The fraction of sp³-hybridized carbons (Fsp3) is 0.318. The third kappa shape index (κ3) is 5.89. The lowest BCUT2D eigenvalue weighted by molar-refractivity contribution is 0.223. The number of fused-ring (bicyclic) bond motifs is 1. The van der Waals surface area contributed by atoms with Crippen LogP contribution in [0.1, 0.15) is 25.3 Å². The van der Waals surface area contributed by atoms with E-state index in [1.54, 1.807) is 6.26 Å². The van der Waals surface area contributed by atoms with E-state index in [2.05, 4.69) is 23.6 Å². The summed E-state index contributed by atoms with van der Waals surface area (Å²) in [5.74, 6) is 1.77. The largest absolute Gasteiger partial charge is 0.489 e. The van der Waals surface area contributed by atoms with Crippen molar-refractivity contribution in [3.63, 3.8) is 0 Å². The predicted octanol–water partition coefficient (Wildman–Crippen LogP) is 5.29. The van der Waals surface area contributed by atoms with Gasteiger partial charge < -0.3 is 19.8 Å². The molecule has 0 saturated carbocycles. The Morgan fingerprint density at radius 2 is 2.00 bits per heavy atom. The van der Waals surface area contributed by atoms with E-state index in [0.717, 1.165) is 66.3 Å². The van der Waals surface area contributed by atoms with Crippen LogP contribution in [0.15, 0.2) is 64.2 Å². The first-order valence-electron chi connectivity index (χ1n) is 9.58. The van der Waals surface area contributed by atoms with Crippen LogP contribution in [-0.2, 0) is 0 Å². The Hall–Kier alpha value is -2.21. The number of rotatable bonds is 6. The molecule has 2 aromatic carbocycles. The van der Waals surface area contributed by atoms with Crippen LogP contribution in [-0.4, -0.2) is 31.6 Å². The van der Waals surface area contributed by atoms with Gasteiger partial charge in [-0.25, -0.2) is 0 Å². The quantitative estimate of drug-likeness (QED) is 0.408. The summed E-state index contributed by atoms with van der Waals surface area (Å²) < 4.78 is 11.4. The summed E-state index contributed by atoms with van der Waals surface area (Å²) in [5, 5.41) is 7.85. The number of amidine groups is 1. The maximum atomic E-state index is 5.99. The topological polar surface area (TPSA) is 58.8 Å². The zero-order chi connectivity index (χ0) is 18.5. The van der Waals surface area contributed by atoms with Gasteiger partial charge in [0.05, 0.1) is 6.26 Å². The molecule has 156 valence electrons. The van der Waals surface area contributed by atoms with Gasteiger partial charge in [-0.1, -0.05) is 6.92 Å². The van der Waals surface area contributed by atoms with Crippen LogP contribution in [0.25, 0.3) is 11.0 Å². The van der Waals surface area contributed by atoms with Gasteiger partial charge in [-0.15, -0.1) is 24.8 Å². The Morgan fingerprint density at radius 3 is 2.72 bits per heavy atom. The molecule has 0 radical (unpaired) electrons. The molecule has 1 aliphatic rings. The maximum Gasteiger partial charge on any atom is 0.133 e. The van der Waals surface area contributed by atoms with Crippen molar-refractivity contribution in [3.05, 3.63) is 60.4 Å². The SMILES string of the molecule is CCCN=C(Nc1ccc(O[C@H]2CCNC2)cc1)c1ccc2occc2c1.Cl.Cl. The Balaban J connectivity index is 0.00000150. The minimum atomic E-state index is 0. The summed E-state index contributed by atoms with van der Waals surface area (Å²) in [6, 6.07) is 16.2. The van der Waals surface area contributed by atoms with Crippen molar-refractivity contribution in [2.45, 2.75) is 25.9 Å². The van der Waals surface area contributed by atoms with Gasteiger partial charge in [-0.3, -0.25) is 4.99 Å². The van der Waals surface area contributed by atoms with Crippen molar-refractivity contribution in [3.8, 4) is 5.75 Å². The first-order chi connectivity index (χ1) is 13.3. The van der Waals surface area contributed by atoms with Gasteiger partial charge in [0.15, 0.2) is 0 Å². The number of anilines is 1. The highest BCUT2D eigenvalue weighted by Crippen LogP contribution is 2.21. The number of furan rings is 1. The van der Waals surface area contributed by atoms with E-state index < -0.39 is 0 Å². The monoisotopic (exact) mass is 435 g/mol. The van der Waals surface area contributed by atoms with Gasteiger partial charge in [0, 0.05) is 29.7 Å². The second-order valence-corrected chi connectivity index (χ2v) is 6.79. The van der Waals surface area contributed by atoms with E-state index in [-0.39, 0.29) is 30.9 Å².